The fraction of sp³-hybridized carbons (Fsp3) is 0.526. The molecule has 2 aliphatic rings. The summed E-state index contributed by atoms with van der Waals surface area (Å²) >= 11 is 0. The van der Waals surface area contributed by atoms with Gasteiger partial charge in [0.05, 0.1) is 6.54 Å². The van der Waals surface area contributed by atoms with Gasteiger partial charge in [-0.2, -0.15) is 0 Å². The van der Waals surface area contributed by atoms with Crippen LogP contribution in [0.2, 0.25) is 0 Å². The first kappa shape index (κ1) is 21.0. The lowest BCUT2D eigenvalue weighted by molar-refractivity contribution is 0.221. The Kier molecular flexibility index (Phi) is 8.15. The van der Waals surface area contributed by atoms with Gasteiger partial charge in [-0.25, -0.2) is 4.39 Å². The molecule has 26 heavy (non-hydrogen) atoms. The standard InChI is InChI=1S/C19H27FN4O.HI/c1-15(25-18-7-5-6-16(20)12-18)13-22-19(21-2)24-11-8-17(14-24)23-9-3-4-10-23;/h3-7,12,15,17H,8-11,13-14H2,1-2H3,(H,21,22);1H. The zero-order chi connectivity index (χ0) is 17.6. The van der Waals surface area contributed by atoms with Crippen molar-refractivity contribution in [2.75, 3.05) is 39.8 Å². The number of nitrogens with one attached hydrogen (secondary N) is 1. The van der Waals surface area contributed by atoms with E-state index in [-0.39, 0.29) is 35.9 Å². The minimum absolute atomic E-state index is 0. The summed E-state index contributed by atoms with van der Waals surface area (Å²) < 4.78 is 19.0. The van der Waals surface area contributed by atoms with Crippen molar-refractivity contribution in [1.82, 2.24) is 15.1 Å². The van der Waals surface area contributed by atoms with Crippen LogP contribution in [0.4, 0.5) is 4.39 Å². The van der Waals surface area contributed by atoms with Crippen molar-refractivity contribution in [2.45, 2.75) is 25.5 Å². The molecule has 1 fully saturated rings. The molecule has 0 amide bonds. The smallest absolute Gasteiger partial charge is 0.193 e. The molecular formula is C19H28FIN4O. The number of likely N-dealkylation sites (tertiary alicyclic amines) is 1. The van der Waals surface area contributed by atoms with Crippen molar-refractivity contribution in [3.63, 3.8) is 0 Å². The van der Waals surface area contributed by atoms with Gasteiger partial charge in [0.2, 0.25) is 0 Å². The molecule has 1 aromatic carbocycles. The highest BCUT2D eigenvalue weighted by molar-refractivity contribution is 14.0. The molecule has 1 aromatic rings. The number of hydrogen-bond donors (Lipinski definition) is 1. The maximum Gasteiger partial charge on any atom is 0.193 e. The molecule has 0 aliphatic carbocycles. The van der Waals surface area contributed by atoms with E-state index in [0.717, 1.165) is 38.6 Å². The normalized spacial score (nSPS) is 21.6. The Labute approximate surface area is 172 Å². The molecule has 2 aliphatic heterocycles. The third-order valence-corrected chi connectivity index (χ3v) is 4.72. The molecule has 144 valence electrons. The number of nitrogens with zero attached hydrogens (tertiary/aromatic N) is 3. The first-order chi connectivity index (χ1) is 12.2. The van der Waals surface area contributed by atoms with E-state index in [1.165, 1.54) is 12.1 Å². The van der Waals surface area contributed by atoms with Crippen LogP contribution in [-0.4, -0.2) is 67.7 Å². The van der Waals surface area contributed by atoms with Gasteiger partial charge in [-0.15, -0.1) is 24.0 Å². The topological polar surface area (TPSA) is 40.1 Å². The Morgan fingerprint density at radius 1 is 1.38 bits per heavy atom. The number of ether oxygens (including phenoxy) is 1. The minimum Gasteiger partial charge on any atom is -0.489 e. The molecule has 1 saturated heterocycles. The average Bonchev–Trinajstić information content (AvgIpc) is 3.27. The molecule has 2 heterocycles. The second kappa shape index (κ2) is 10.1. The minimum atomic E-state index is -0.284. The maximum absolute atomic E-state index is 13.2. The van der Waals surface area contributed by atoms with E-state index in [9.17, 15) is 4.39 Å². The molecule has 0 spiro atoms. The van der Waals surface area contributed by atoms with Gasteiger partial charge < -0.3 is 15.0 Å². The maximum atomic E-state index is 13.2. The predicted molar refractivity (Wildman–Crippen MR) is 114 cm³/mol. The number of benzene rings is 1. The summed E-state index contributed by atoms with van der Waals surface area (Å²) in [6, 6.07) is 6.83. The van der Waals surface area contributed by atoms with E-state index < -0.39 is 0 Å². The van der Waals surface area contributed by atoms with Crippen molar-refractivity contribution in [2.24, 2.45) is 4.99 Å². The fourth-order valence-corrected chi connectivity index (χ4v) is 3.41. The molecule has 0 radical (unpaired) electrons. The van der Waals surface area contributed by atoms with Gasteiger partial charge in [-0.05, 0) is 25.5 Å². The first-order valence-electron chi connectivity index (χ1n) is 8.92. The number of hydrogen-bond acceptors (Lipinski definition) is 3. The van der Waals surface area contributed by atoms with Crippen LogP contribution in [0.25, 0.3) is 0 Å². The Bertz CT molecular complexity index is 632. The van der Waals surface area contributed by atoms with Crippen LogP contribution in [0.15, 0.2) is 41.4 Å². The quantitative estimate of drug-likeness (QED) is 0.309. The van der Waals surface area contributed by atoms with E-state index >= 15 is 0 Å². The number of halogens is 2. The van der Waals surface area contributed by atoms with Crippen LogP contribution in [0.1, 0.15) is 13.3 Å². The van der Waals surface area contributed by atoms with E-state index in [1.807, 2.05) is 14.0 Å². The average molecular weight is 474 g/mol. The van der Waals surface area contributed by atoms with Gasteiger partial charge in [0.15, 0.2) is 5.96 Å². The van der Waals surface area contributed by atoms with Crippen LogP contribution < -0.4 is 10.1 Å². The molecule has 2 unspecified atom stereocenters. The first-order valence-corrected chi connectivity index (χ1v) is 8.92. The summed E-state index contributed by atoms with van der Waals surface area (Å²) in [5.41, 5.74) is 0. The van der Waals surface area contributed by atoms with Gasteiger partial charge in [0, 0.05) is 45.3 Å². The summed E-state index contributed by atoms with van der Waals surface area (Å²) in [5.74, 6) is 1.17. The van der Waals surface area contributed by atoms with Crippen molar-refractivity contribution in [1.29, 1.82) is 0 Å². The summed E-state index contributed by atoms with van der Waals surface area (Å²) in [6.07, 6.45) is 5.56. The highest BCUT2D eigenvalue weighted by Gasteiger charge is 2.29. The second-order valence-electron chi connectivity index (χ2n) is 6.63. The zero-order valence-electron chi connectivity index (χ0n) is 15.4. The number of rotatable bonds is 5. The zero-order valence-corrected chi connectivity index (χ0v) is 17.7. The lowest BCUT2D eigenvalue weighted by Gasteiger charge is -2.26. The number of aliphatic imine (C=N–C) groups is 1. The summed E-state index contributed by atoms with van der Waals surface area (Å²) in [6.45, 7) is 6.72. The van der Waals surface area contributed by atoms with Crippen LogP contribution >= 0.6 is 24.0 Å². The van der Waals surface area contributed by atoms with Crippen molar-refractivity contribution in [3.8, 4) is 5.75 Å². The molecule has 2 atom stereocenters. The summed E-state index contributed by atoms with van der Waals surface area (Å²) in [7, 11) is 1.81. The van der Waals surface area contributed by atoms with Crippen LogP contribution in [-0.2, 0) is 0 Å². The molecular weight excluding hydrogens is 446 g/mol. The van der Waals surface area contributed by atoms with Gasteiger partial charge in [0.1, 0.15) is 17.7 Å². The molecule has 5 nitrogen and oxygen atoms in total. The van der Waals surface area contributed by atoms with Crippen molar-refractivity contribution >= 4 is 29.9 Å². The van der Waals surface area contributed by atoms with Gasteiger partial charge in [-0.1, -0.05) is 18.2 Å². The Morgan fingerprint density at radius 2 is 2.15 bits per heavy atom. The highest BCUT2D eigenvalue weighted by Crippen LogP contribution is 2.18. The monoisotopic (exact) mass is 474 g/mol. The Balaban J connectivity index is 0.00000243. The fourth-order valence-electron chi connectivity index (χ4n) is 3.41. The largest absolute Gasteiger partial charge is 0.489 e. The molecule has 7 heteroatoms. The summed E-state index contributed by atoms with van der Waals surface area (Å²) in [4.78, 5) is 9.21. The summed E-state index contributed by atoms with van der Waals surface area (Å²) in [5, 5.41) is 3.38. The predicted octanol–water partition coefficient (Wildman–Crippen LogP) is 2.73. The highest BCUT2D eigenvalue weighted by atomic mass is 127. The lowest BCUT2D eigenvalue weighted by atomic mass is 10.2. The lowest BCUT2D eigenvalue weighted by Crippen LogP contribution is -2.45. The Morgan fingerprint density at radius 3 is 2.85 bits per heavy atom. The van der Waals surface area contributed by atoms with Crippen molar-refractivity contribution in [3.05, 3.63) is 42.2 Å². The van der Waals surface area contributed by atoms with E-state index in [2.05, 4.69) is 32.3 Å². The van der Waals surface area contributed by atoms with Gasteiger partial charge in [-0.3, -0.25) is 9.89 Å². The van der Waals surface area contributed by atoms with E-state index in [0.29, 0.717) is 18.3 Å². The van der Waals surface area contributed by atoms with Crippen LogP contribution in [0, 0.1) is 5.82 Å². The molecule has 1 N–H and O–H groups in total. The van der Waals surface area contributed by atoms with E-state index in [1.54, 1.807) is 12.1 Å². The molecule has 0 bridgehead atoms. The van der Waals surface area contributed by atoms with E-state index in [4.69, 9.17) is 4.74 Å². The molecule has 0 aromatic heterocycles. The third kappa shape index (κ3) is 5.57. The third-order valence-electron chi connectivity index (χ3n) is 4.72. The number of guanidine groups is 1. The SMILES string of the molecule is CN=C(NCC(C)Oc1cccc(F)c1)N1CCC(N2CC=CC2)C1.I. The van der Waals surface area contributed by atoms with Crippen molar-refractivity contribution < 1.29 is 9.13 Å². The van der Waals surface area contributed by atoms with Gasteiger partial charge >= 0.3 is 0 Å². The van der Waals surface area contributed by atoms with Gasteiger partial charge in [0.25, 0.3) is 0 Å². The second-order valence-corrected chi connectivity index (χ2v) is 6.63. The van der Waals surface area contributed by atoms with Crippen LogP contribution in [0.5, 0.6) is 5.75 Å². The molecule has 0 saturated carbocycles. The van der Waals surface area contributed by atoms with Crippen LogP contribution in [0.3, 0.4) is 0 Å². The molecule has 3 rings (SSSR count). The Hall–Kier alpha value is -1.35.